The molecule has 5 heteroatoms. The van der Waals surface area contributed by atoms with Gasteiger partial charge in [0.25, 0.3) is 0 Å². The Morgan fingerprint density at radius 1 is 1.38 bits per heavy atom. The highest BCUT2D eigenvalue weighted by atomic mass is 79.9. The van der Waals surface area contributed by atoms with Crippen molar-refractivity contribution in [2.45, 2.75) is 19.8 Å². The Morgan fingerprint density at radius 3 is 2.75 bits per heavy atom. The number of nitrogens with zero attached hydrogens (tertiary/aromatic N) is 2. The van der Waals surface area contributed by atoms with Crippen molar-refractivity contribution in [2.75, 3.05) is 0 Å². The Labute approximate surface area is 107 Å². The quantitative estimate of drug-likeness (QED) is 0.910. The van der Waals surface area contributed by atoms with Gasteiger partial charge in [-0.15, -0.1) is 0 Å². The average molecular weight is 301 g/mol. The molecule has 0 radical (unpaired) electrons. The van der Waals surface area contributed by atoms with Crippen LogP contribution in [0.2, 0.25) is 5.02 Å². The summed E-state index contributed by atoms with van der Waals surface area (Å²) in [5.74, 6) is 1.83. The molecule has 0 aliphatic carbocycles. The SMILES string of the molecule is CC(C)c1nc(-c2cc(Br)ccc2Cl)n[nH]1. The van der Waals surface area contributed by atoms with Crippen molar-refractivity contribution in [3.05, 3.63) is 33.5 Å². The molecule has 0 amide bonds. The maximum atomic E-state index is 6.10. The van der Waals surface area contributed by atoms with Crippen molar-refractivity contribution < 1.29 is 0 Å². The molecular formula is C11H11BrClN3. The van der Waals surface area contributed by atoms with Gasteiger partial charge in [-0.1, -0.05) is 41.4 Å². The zero-order valence-electron chi connectivity index (χ0n) is 8.96. The third kappa shape index (κ3) is 2.28. The van der Waals surface area contributed by atoms with Crippen LogP contribution in [0.15, 0.2) is 22.7 Å². The van der Waals surface area contributed by atoms with E-state index >= 15 is 0 Å². The van der Waals surface area contributed by atoms with E-state index in [0.29, 0.717) is 16.8 Å². The van der Waals surface area contributed by atoms with E-state index in [4.69, 9.17) is 11.6 Å². The minimum absolute atomic E-state index is 0.326. The number of aromatic amines is 1. The molecule has 84 valence electrons. The average Bonchev–Trinajstić information content (AvgIpc) is 2.70. The van der Waals surface area contributed by atoms with Gasteiger partial charge in [-0.2, -0.15) is 5.10 Å². The summed E-state index contributed by atoms with van der Waals surface area (Å²) in [5.41, 5.74) is 0.833. The first-order chi connectivity index (χ1) is 7.58. The molecule has 0 fully saturated rings. The van der Waals surface area contributed by atoms with Crippen LogP contribution in [0, 0.1) is 0 Å². The summed E-state index contributed by atoms with van der Waals surface area (Å²) in [4.78, 5) is 4.41. The first-order valence-electron chi connectivity index (χ1n) is 4.95. The summed E-state index contributed by atoms with van der Waals surface area (Å²) in [6.07, 6.45) is 0. The molecule has 0 unspecified atom stereocenters. The second kappa shape index (κ2) is 4.55. The topological polar surface area (TPSA) is 41.6 Å². The Morgan fingerprint density at radius 2 is 2.12 bits per heavy atom. The molecule has 2 aromatic rings. The number of hydrogen-bond acceptors (Lipinski definition) is 2. The molecule has 0 atom stereocenters. The van der Waals surface area contributed by atoms with Gasteiger partial charge in [0.1, 0.15) is 5.82 Å². The third-order valence-corrected chi connectivity index (χ3v) is 3.04. The van der Waals surface area contributed by atoms with E-state index < -0.39 is 0 Å². The van der Waals surface area contributed by atoms with Crippen LogP contribution in [0.25, 0.3) is 11.4 Å². The number of nitrogens with one attached hydrogen (secondary N) is 1. The van der Waals surface area contributed by atoms with Gasteiger partial charge in [-0.25, -0.2) is 4.98 Å². The Bertz CT molecular complexity index is 508. The number of aromatic nitrogens is 3. The fourth-order valence-electron chi connectivity index (χ4n) is 1.32. The van der Waals surface area contributed by atoms with E-state index in [-0.39, 0.29) is 0 Å². The highest BCUT2D eigenvalue weighted by Gasteiger charge is 2.11. The highest BCUT2D eigenvalue weighted by Crippen LogP contribution is 2.28. The van der Waals surface area contributed by atoms with Gasteiger partial charge in [0.2, 0.25) is 0 Å². The van der Waals surface area contributed by atoms with E-state index in [2.05, 4.69) is 45.0 Å². The van der Waals surface area contributed by atoms with E-state index in [9.17, 15) is 0 Å². The first kappa shape index (κ1) is 11.6. The maximum absolute atomic E-state index is 6.10. The summed E-state index contributed by atoms with van der Waals surface area (Å²) >= 11 is 9.51. The van der Waals surface area contributed by atoms with Crippen molar-refractivity contribution in [1.82, 2.24) is 15.2 Å². The van der Waals surface area contributed by atoms with E-state index in [1.165, 1.54) is 0 Å². The normalized spacial score (nSPS) is 11.1. The lowest BCUT2D eigenvalue weighted by Crippen LogP contribution is -1.89. The summed E-state index contributed by atoms with van der Waals surface area (Å²) in [7, 11) is 0. The van der Waals surface area contributed by atoms with Gasteiger partial charge in [0, 0.05) is 16.0 Å². The van der Waals surface area contributed by atoms with E-state index in [1.54, 1.807) is 0 Å². The smallest absolute Gasteiger partial charge is 0.182 e. The molecule has 2 rings (SSSR count). The fourth-order valence-corrected chi connectivity index (χ4v) is 1.88. The molecule has 0 bridgehead atoms. The van der Waals surface area contributed by atoms with Gasteiger partial charge in [0.05, 0.1) is 5.02 Å². The van der Waals surface area contributed by atoms with Crippen LogP contribution in [0.4, 0.5) is 0 Å². The predicted octanol–water partition coefficient (Wildman–Crippen LogP) is 4.01. The lowest BCUT2D eigenvalue weighted by atomic mass is 10.2. The Hall–Kier alpha value is -0.870. The monoisotopic (exact) mass is 299 g/mol. The molecule has 1 N–H and O–H groups in total. The molecule has 3 nitrogen and oxygen atoms in total. The summed E-state index contributed by atoms with van der Waals surface area (Å²) in [5, 5.41) is 7.73. The maximum Gasteiger partial charge on any atom is 0.182 e. The lowest BCUT2D eigenvalue weighted by Gasteiger charge is -2.00. The van der Waals surface area contributed by atoms with Gasteiger partial charge in [-0.3, -0.25) is 5.10 Å². The van der Waals surface area contributed by atoms with E-state index in [0.717, 1.165) is 15.9 Å². The van der Waals surface area contributed by atoms with Crippen molar-refractivity contribution in [3.63, 3.8) is 0 Å². The van der Waals surface area contributed by atoms with E-state index in [1.807, 2.05) is 18.2 Å². The van der Waals surface area contributed by atoms with Gasteiger partial charge < -0.3 is 0 Å². The molecule has 16 heavy (non-hydrogen) atoms. The largest absolute Gasteiger partial charge is 0.262 e. The van der Waals surface area contributed by atoms with Crippen molar-refractivity contribution in [3.8, 4) is 11.4 Å². The lowest BCUT2D eigenvalue weighted by molar-refractivity contribution is 0.781. The van der Waals surface area contributed by atoms with Gasteiger partial charge >= 0.3 is 0 Å². The predicted molar refractivity (Wildman–Crippen MR) is 68.6 cm³/mol. The zero-order chi connectivity index (χ0) is 11.7. The van der Waals surface area contributed by atoms with Crippen LogP contribution >= 0.6 is 27.5 Å². The Balaban J connectivity index is 2.46. The van der Waals surface area contributed by atoms with Crippen LogP contribution in [0.3, 0.4) is 0 Å². The Kier molecular flexibility index (Phi) is 3.30. The number of hydrogen-bond donors (Lipinski definition) is 1. The fraction of sp³-hybridized carbons (Fsp3) is 0.273. The van der Waals surface area contributed by atoms with Crippen LogP contribution in [0.5, 0.6) is 0 Å². The molecule has 0 aliphatic rings. The van der Waals surface area contributed by atoms with Gasteiger partial charge in [-0.05, 0) is 18.2 Å². The van der Waals surface area contributed by atoms with Crippen LogP contribution in [-0.4, -0.2) is 15.2 Å². The van der Waals surface area contributed by atoms with Crippen LogP contribution in [0.1, 0.15) is 25.6 Å². The molecule has 1 aromatic carbocycles. The molecular weight excluding hydrogens is 289 g/mol. The summed E-state index contributed by atoms with van der Waals surface area (Å²) < 4.78 is 0.961. The second-order valence-corrected chi connectivity index (χ2v) is 5.15. The van der Waals surface area contributed by atoms with Crippen molar-refractivity contribution >= 4 is 27.5 Å². The minimum atomic E-state index is 0.326. The summed E-state index contributed by atoms with van der Waals surface area (Å²) in [6.45, 7) is 4.12. The summed E-state index contributed by atoms with van der Waals surface area (Å²) in [6, 6.07) is 5.63. The molecule has 0 spiro atoms. The molecule has 0 saturated heterocycles. The zero-order valence-corrected chi connectivity index (χ0v) is 11.3. The molecule has 1 heterocycles. The highest BCUT2D eigenvalue weighted by molar-refractivity contribution is 9.10. The van der Waals surface area contributed by atoms with Crippen molar-refractivity contribution in [1.29, 1.82) is 0 Å². The molecule has 0 saturated carbocycles. The van der Waals surface area contributed by atoms with Crippen molar-refractivity contribution in [2.24, 2.45) is 0 Å². The second-order valence-electron chi connectivity index (χ2n) is 3.82. The number of H-pyrrole nitrogens is 1. The molecule has 0 aliphatic heterocycles. The third-order valence-electron chi connectivity index (χ3n) is 2.22. The molecule has 1 aromatic heterocycles. The van der Waals surface area contributed by atoms with Gasteiger partial charge in [0.15, 0.2) is 5.82 Å². The van der Waals surface area contributed by atoms with Crippen LogP contribution in [-0.2, 0) is 0 Å². The number of halogens is 2. The van der Waals surface area contributed by atoms with Crippen LogP contribution < -0.4 is 0 Å². The number of rotatable bonds is 2. The number of benzene rings is 1. The minimum Gasteiger partial charge on any atom is -0.262 e. The standard InChI is InChI=1S/C11H11BrClN3/c1-6(2)10-14-11(16-15-10)8-5-7(12)3-4-9(8)13/h3-6H,1-2H3,(H,14,15,16). The first-order valence-corrected chi connectivity index (χ1v) is 6.12.